The first-order chi connectivity index (χ1) is 12.0. The zero-order valence-corrected chi connectivity index (χ0v) is 16.3. The zero-order valence-electron chi connectivity index (χ0n) is 15.5. The number of nitrogens with one attached hydrogen (secondary N) is 1. The maximum atomic E-state index is 5.57. The molecule has 0 fully saturated rings. The van der Waals surface area contributed by atoms with Gasteiger partial charge >= 0.3 is 0 Å². The molecule has 0 atom stereocenters. The molecular formula is C20H25N3OS. The number of aryl methyl sites for hydroxylation is 2. The molecule has 0 unspecified atom stereocenters. The molecule has 0 saturated carbocycles. The molecule has 1 N–H and O–H groups in total. The number of hydrogen-bond acceptors (Lipinski definition) is 5. The Bertz CT molecular complexity index is 869. The Morgan fingerprint density at radius 3 is 2.48 bits per heavy atom. The maximum Gasteiger partial charge on any atom is 0.139 e. The molecule has 2 aromatic heterocycles. The second-order valence-electron chi connectivity index (χ2n) is 6.56. The van der Waals surface area contributed by atoms with Gasteiger partial charge in [0.1, 0.15) is 22.2 Å². The minimum absolute atomic E-state index is 0.555. The van der Waals surface area contributed by atoms with Crippen LogP contribution in [0, 0.1) is 19.8 Å². The number of thiophene rings is 1. The topological polar surface area (TPSA) is 47.0 Å². The summed E-state index contributed by atoms with van der Waals surface area (Å²) >= 11 is 1.73. The fourth-order valence-electron chi connectivity index (χ4n) is 2.88. The van der Waals surface area contributed by atoms with Crippen molar-refractivity contribution in [1.82, 2.24) is 9.97 Å². The molecule has 0 saturated heterocycles. The number of hydrogen-bond donors (Lipinski definition) is 1. The van der Waals surface area contributed by atoms with Gasteiger partial charge < -0.3 is 10.1 Å². The van der Waals surface area contributed by atoms with Gasteiger partial charge in [0, 0.05) is 17.0 Å². The summed E-state index contributed by atoms with van der Waals surface area (Å²) < 4.78 is 5.57. The van der Waals surface area contributed by atoms with Gasteiger partial charge in [-0.15, -0.1) is 11.3 Å². The third kappa shape index (κ3) is 3.76. The lowest BCUT2D eigenvalue weighted by Gasteiger charge is -2.12. The van der Waals surface area contributed by atoms with Gasteiger partial charge in [0.2, 0.25) is 0 Å². The molecule has 132 valence electrons. The first kappa shape index (κ1) is 17.7. The van der Waals surface area contributed by atoms with E-state index < -0.39 is 0 Å². The number of rotatable bonds is 6. The number of nitrogens with zero attached hydrogens (tertiary/aromatic N) is 2. The van der Waals surface area contributed by atoms with Gasteiger partial charge in [-0.1, -0.05) is 26.0 Å². The molecule has 1 aromatic carbocycles. The van der Waals surface area contributed by atoms with Crippen LogP contribution < -0.4 is 10.1 Å². The molecule has 5 heteroatoms. The normalized spacial score (nSPS) is 11.3. The first-order valence-electron chi connectivity index (χ1n) is 8.74. The van der Waals surface area contributed by atoms with E-state index in [1.54, 1.807) is 11.3 Å². The highest BCUT2D eigenvalue weighted by atomic mass is 32.1. The van der Waals surface area contributed by atoms with Crippen LogP contribution in [0.4, 0.5) is 5.82 Å². The highest BCUT2D eigenvalue weighted by Crippen LogP contribution is 2.41. The van der Waals surface area contributed by atoms with Crippen molar-refractivity contribution in [2.24, 2.45) is 5.92 Å². The van der Waals surface area contributed by atoms with Crippen molar-refractivity contribution >= 4 is 27.4 Å². The van der Waals surface area contributed by atoms with Gasteiger partial charge in [-0.2, -0.15) is 0 Å². The number of anilines is 1. The molecule has 0 aliphatic rings. The molecule has 2 heterocycles. The Labute approximate surface area is 153 Å². The summed E-state index contributed by atoms with van der Waals surface area (Å²) in [6, 6.07) is 8.28. The van der Waals surface area contributed by atoms with E-state index in [4.69, 9.17) is 4.74 Å². The molecule has 3 rings (SSSR count). The third-order valence-electron chi connectivity index (χ3n) is 3.97. The summed E-state index contributed by atoms with van der Waals surface area (Å²) in [6.07, 6.45) is 0. The second-order valence-corrected chi connectivity index (χ2v) is 7.77. The van der Waals surface area contributed by atoms with Crippen molar-refractivity contribution in [2.75, 3.05) is 18.5 Å². The molecule has 3 aromatic rings. The first-order valence-corrected chi connectivity index (χ1v) is 9.56. The van der Waals surface area contributed by atoms with E-state index in [0.29, 0.717) is 12.5 Å². The van der Waals surface area contributed by atoms with Gasteiger partial charge in [0.25, 0.3) is 0 Å². The lowest BCUT2D eigenvalue weighted by molar-refractivity contribution is 0.340. The van der Waals surface area contributed by atoms with Gasteiger partial charge in [-0.25, -0.2) is 9.97 Å². The smallest absolute Gasteiger partial charge is 0.139 e. The number of ether oxygens (including phenoxy) is 1. The monoisotopic (exact) mass is 355 g/mol. The van der Waals surface area contributed by atoms with Crippen molar-refractivity contribution in [2.45, 2.75) is 34.6 Å². The Hall–Kier alpha value is -2.14. The van der Waals surface area contributed by atoms with Gasteiger partial charge in [0.05, 0.1) is 12.0 Å². The van der Waals surface area contributed by atoms with Crippen LogP contribution in [0.15, 0.2) is 24.3 Å². The Balaban J connectivity index is 2.12. The van der Waals surface area contributed by atoms with E-state index in [0.717, 1.165) is 34.2 Å². The highest BCUT2D eigenvalue weighted by Gasteiger charge is 2.18. The van der Waals surface area contributed by atoms with Crippen LogP contribution in [0.2, 0.25) is 0 Å². The fourth-order valence-corrected chi connectivity index (χ4v) is 3.97. The van der Waals surface area contributed by atoms with E-state index in [1.807, 2.05) is 26.0 Å². The maximum absolute atomic E-state index is 5.57. The fraction of sp³-hybridized carbons (Fsp3) is 0.400. The SMILES string of the molecule is CCOc1ccc(-c2c(C)sc3nc(C)nc(NCC(C)C)c23)cc1. The van der Waals surface area contributed by atoms with Crippen molar-refractivity contribution < 1.29 is 4.74 Å². The largest absolute Gasteiger partial charge is 0.494 e. The molecule has 0 spiro atoms. The third-order valence-corrected chi connectivity index (χ3v) is 4.97. The quantitative estimate of drug-likeness (QED) is 0.639. The van der Waals surface area contributed by atoms with E-state index in [1.165, 1.54) is 16.0 Å². The lowest BCUT2D eigenvalue weighted by atomic mass is 10.0. The van der Waals surface area contributed by atoms with Crippen molar-refractivity contribution in [1.29, 1.82) is 0 Å². The van der Waals surface area contributed by atoms with E-state index in [2.05, 4.69) is 48.2 Å². The summed E-state index contributed by atoms with van der Waals surface area (Å²) in [4.78, 5) is 11.6. The average molecular weight is 356 g/mol. The van der Waals surface area contributed by atoms with Gasteiger partial charge in [-0.05, 0) is 44.4 Å². The summed E-state index contributed by atoms with van der Waals surface area (Å²) in [5.41, 5.74) is 2.39. The standard InChI is InChI=1S/C20H25N3OS/c1-6-24-16-9-7-15(8-10-16)17-13(4)25-20-18(17)19(21-11-12(2)3)22-14(5)23-20/h7-10,12H,6,11H2,1-5H3,(H,21,22,23). The average Bonchev–Trinajstić information content (AvgIpc) is 2.89. The summed E-state index contributed by atoms with van der Waals surface area (Å²) in [7, 11) is 0. The van der Waals surface area contributed by atoms with Crippen LogP contribution >= 0.6 is 11.3 Å². The minimum atomic E-state index is 0.555. The van der Waals surface area contributed by atoms with Crippen molar-refractivity contribution in [3.05, 3.63) is 35.0 Å². The number of benzene rings is 1. The molecule has 25 heavy (non-hydrogen) atoms. The van der Waals surface area contributed by atoms with Crippen LogP contribution in [0.25, 0.3) is 21.3 Å². The van der Waals surface area contributed by atoms with Crippen LogP contribution in [0.5, 0.6) is 5.75 Å². The van der Waals surface area contributed by atoms with Gasteiger partial charge in [-0.3, -0.25) is 0 Å². The molecule has 0 radical (unpaired) electrons. The Kier molecular flexibility index (Phi) is 5.23. The van der Waals surface area contributed by atoms with E-state index in [-0.39, 0.29) is 0 Å². The summed E-state index contributed by atoms with van der Waals surface area (Å²) in [5, 5.41) is 4.64. The van der Waals surface area contributed by atoms with Crippen LogP contribution in [0.1, 0.15) is 31.5 Å². The predicted octanol–water partition coefficient (Wildman–Crippen LogP) is 5.44. The van der Waals surface area contributed by atoms with E-state index >= 15 is 0 Å². The van der Waals surface area contributed by atoms with Crippen LogP contribution in [-0.2, 0) is 0 Å². The molecule has 0 aliphatic heterocycles. The molecule has 0 aliphatic carbocycles. The second kappa shape index (κ2) is 7.40. The van der Waals surface area contributed by atoms with Crippen LogP contribution in [-0.4, -0.2) is 23.1 Å². The summed E-state index contributed by atoms with van der Waals surface area (Å²) in [6.45, 7) is 12.1. The molecule has 4 nitrogen and oxygen atoms in total. The molecule has 0 amide bonds. The van der Waals surface area contributed by atoms with Crippen molar-refractivity contribution in [3.63, 3.8) is 0 Å². The zero-order chi connectivity index (χ0) is 18.0. The predicted molar refractivity (Wildman–Crippen MR) is 107 cm³/mol. The van der Waals surface area contributed by atoms with Crippen molar-refractivity contribution in [3.8, 4) is 16.9 Å². The highest BCUT2D eigenvalue weighted by molar-refractivity contribution is 7.19. The molecule has 0 bridgehead atoms. The van der Waals surface area contributed by atoms with Crippen LogP contribution in [0.3, 0.4) is 0 Å². The minimum Gasteiger partial charge on any atom is -0.494 e. The number of fused-ring (bicyclic) bond motifs is 1. The Morgan fingerprint density at radius 2 is 1.84 bits per heavy atom. The van der Waals surface area contributed by atoms with E-state index in [9.17, 15) is 0 Å². The lowest BCUT2D eigenvalue weighted by Crippen LogP contribution is -2.10. The number of aromatic nitrogens is 2. The summed E-state index contributed by atoms with van der Waals surface area (Å²) in [5.74, 6) is 3.19. The van der Waals surface area contributed by atoms with Gasteiger partial charge in [0.15, 0.2) is 0 Å². The Morgan fingerprint density at radius 1 is 1.12 bits per heavy atom. The molecular weight excluding hydrogens is 330 g/mol.